The first-order valence-corrected chi connectivity index (χ1v) is 10.3. The summed E-state index contributed by atoms with van der Waals surface area (Å²) in [5.74, 6) is 1.91. The SMILES string of the molecule is CC(C)c1nccc(C2CCN(C(=O)[C@@H](C)Oc3cccc(Cl)c3Cl)CC2)n1. The fourth-order valence-corrected chi connectivity index (χ4v) is 3.70. The molecule has 0 unspecified atom stereocenters. The van der Waals surface area contributed by atoms with Gasteiger partial charge in [0.2, 0.25) is 0 Å². The molecule has 1 aromatic heterocycles. The molecule has 0 aliphatic carbocycles. The standard InChI is InChI=1S/C21H25Cl2N3O2/c1-13(2)20-24-10-7-17(25-20)15-8-11-26(12-9-15)21(27)14(3)28-18-6-4-5-16(22)19(18)23/h4-7,10,13-15H,8-9,11-12H2,1-3H3/t14-/m1/s1. The number of carbonyl (C=O) groups is 1. The Morgan fingerprint density at radius 3 is 2.57 bits per heavy atom. The van der Waals surface area contributed by atoms with Gasteiger partial charge in [-0.2, -0.15) is 0 Å². The fourth-order valence-electron chi connectivity index (χ4n) is 3.36. The van der Waals surface area contributed by atoms with Gasteiger partial charge in [0.15, 0.2) is 6.10 Å². The molecule has 7 heteroatoms. The number of likely N-dealkylation sites (tertiary alicyclic amines) is 1. The van der Waals surface area contributed by atoms with Crippen LogP contribution in [0.4, 0.5) is 0 Å². The van der Waals surface area contributed by atoms with Gasteiger partial charge in [0, 0.05) is 36.8 Å². The Hall–Kier alpha value is -1.85. The van der Waals surface area contributed by atoms with Gasteiger partial charge in [-0.1, -0.05) is 43.1 Å². The molecule has 1 saturated heterocycles. The van der Waals surface area contributed by atoms with E-state index in [0.29, 0.717) is 40.7 Å². The molecule has 2 heterocycles. The number of halogens is 2. The Labute approximate surface area is 176 Å². The molecular weight excluding hydrogens is 397 g/mol. The first-order chi connectivity index (χ1) is 13.4. The van der Waals surface area contributed by atoms with Gasteiger partial charge in [-0.3, -0.25) is 4.79 Å². The molecule has 0 bridgehead atoms. The number of hydrogen-bond donors (Lipinski definition) is 0. The highest BCUT2D eigenvalue weighted by atomic mass is 35.5. The van der Waals surface area contributed by atoms with E-state index in [1.165, 1.54) is 0 Å². The van der Waals surface area contributed by atoms with Crippen molar-refractivity contribution in [3.63, 3.8) is 0 Å². The molecule has 28 heavy (non-hydrogen) atoms. The minimum atomic E-state index is -0.626. The number of amides is 1. The summed E-state index contributed by atoms with van der Waals surface area (Å²) in [7, 11) is 0. The number of carbonyl (C=O) groups excluding carboxylic acids is 1. The topological polar surface area (TPSA) is 55.3 Å². The number of nitrogens with zero attached hydrogens (tertiary/aromatic N) is 3. The van der Waals surface area contributed by atoms with Gasteiger partial charge in [0.25, 0.3) is 5.91 Å². The highest BCUT2D eigenvalue weighted by Gasteiger charge is 2.29. The average Bonchev–Trinajstić information content (AvgIpc) is 2.71. The zero-order valence-corrected chi connectivity index (χ0v) is 17.9. The van der Waals surface area contributed by atoms with Gasteiger partial charge in [-0.25, -0.2) is 9.97 Å². The maximum Gasteiger partial charge on any atom is 0.263 e. The van der Waals surface area contributed by atoms with Crippen LogP contribution in [0.3, 0.4) is 0 Å². The van der Waals surface area contributed by atoms with Crippen molar-refractivity contribution >= 4 is 29.1 Å². The van der Waals surface area contributed by atoms with E-state index in [1.54, 1.807) is 25.1 Å². The molecule has 1 aliphatic rings. The first kappa shape index (κ1) is 20.9. The van der Waals surface area contributed by atoms with Crippen LogP contribution in [0.15, 0.2) is 30.5 Å². The summed E-state index contributed by atoms with van der Waals surface area (Å²) in [6.45, 7) is 7.29. The summed E-state index contributed by atoms with van der Waals surface area (Å²) in [5.41, 5.74) is 1.07. The van der Waals surface area contributed by atoms with E-state index < -0.39 is 6.10 Å². The maximum absolute atomic E-state index is 12.8. The smallest absolute Gasteiger partial charge is 0.263 e. The third-order valence-corrected chi connectivity index (χ3v) is 5.81. The highest BCUT2D eigenvalue weighted by molar-refractivity contribution is 6.42. The van der Waals surface area contributed by atoms with Gasteiger partial charge in [-0.15, -0.1) is 0 Å². The number of ether oxygens (including phenoxy) is 1. The van der Waals surface area contributed by atoms with Crippen molar-refractivity contribution in [2.45, 2.75) is 51.6 Å². The third kappa shape index (κ3) is 4.76. The molecule has 1 aliphatic heterocycles. The molecule has 0 radical (unpaired) electrons. The molecule has 5 nitrogen and oxygen atoms in total. The summed E-state index contributed by atoms with van der Waals surface area (Å²) in [6, 6.07) is 7.14. The van der Waals surface area contributed by atoms with E-state index in [0.717, 1.165) is 24.4 Å². The van der Waals surface area contributed by atoms with Crippen LogP contribution in [-0.4, -0.2) is 40.0 Å². The van der Waals surface area contributed by atoms with Crippen molar-refractivity contribution in [1.29, 1.82) is 0 Å². The average molecular weight is 422 g/mol. The lowest BCUT2D eigenvalue weighted by Crippen LogP contribution is -2.44. The molecule has 0 N–H and O–H groups in total. The predicted molar refractivity (Wildman–Crippen MR) is 111 cm³/mol. The molecular formula is C21H25Cl2N3O2. The van der Waals surface area contributed by atoms with Crippen molar-refractivity contribution < 1.29 is 9.53 Å². The summed E-state index contributed by atoms with van der Waals surface area (Å²) < 4.78 is 5.77. The van der Waals surface area contributed by atoms with Crippen LogP contribution in [0, 0.1) is 0 Å². The lowest BCUT2D eigenvalue weighted by Gasteiger charge is -2.33. The van der Waals surface area contributed by atoms with Crippen molar-refractivity contribution in [3.05, 3.63) is 52.0 Å². The van der Waals surface area contributed by atoms with Crippen LogP contribution in [0.2, 0.25) is 10.0 Å². The number of rotatable bonds is 5. The van der Waals surface area contributed by atoms with E-state index in [9.17, 15) is 4.79 Å². The Bertz CT molecular complexity index is 836. The normalized spacial score (nSPS) is 16.3. The van der Waals surface area contributed by atoms with E-state index in [-0.39, 0.29) is 5.91 Å². The molecule has 150 valence electrons. The van der Waals surface area contributed by atoms with Crippen LogP contribution in [-0.2, 0) is 4.79 Å². The minimum Gasteiger partial charge on any atom is -0.479 e. The molecule has 1 amide bonds. The van der Waals surface area contributed by atoms with Crippen molar-refractivity contribution in [3.8, 4) is 5.75 Å². The largest absolute Gasteiger partial charge is 0.479 e. The van der Waals surface area contributed by atoms with Gasteiger partial charge < -0.3 is 9.64 Å². The van der Waals surface area contributed by atoms with E-state index in [1.807, 2.05) is 17.2 Å². The van der Waals surface area contributed by atoms with E-state index in [4.69, 9.17) is 32.9 Å². The quantitative estimate of drug-likeness (QED) is 0.674. The van der Waals surface area contributed by atoms with Crippen molar-refractivity contribution in [1.82, 2.24) is 14.9 Å². The Morgan fingerprint density at radius 1 is 1.18 bits per heavy atom. The minimum absolute atomic E-state index is 0.0416. The number of hydrogen-bond acceptors (Lipinski definition) is 4. The fraction of sp³-hybridized carbons (Fsp3) is 0.476. The van der Waals surface area contributed by atoms with Gasteiger partial charge in [0.1, 0.15) is 16.6 Å². The van der Waals surface area contributed by atoms with E-state index >= 15 is 0 Å². The van der Waals surface area contributed by atoms with E-state index in [2.05, 4.69) is 18.8 Å². The summed E-state index contributed by atoms with van der Waals surface area (Å²) >= 11 is 12.2. The van der Waals surface area contributed by atoms with Gasteiger partial charge in [0.05, 0.1) is 5.02 Å². The summed E-state index contributed by atoms with van der Waals surface area (Å²) in [6.07, 6.45) is 2.97. The van der Waals surface area contributed by atoms with Crippen LogP contribution >= 0.6 is 23.2 Å². The highest BCUT2D eigenvalue weighted by Crippen LogP contribution is 2.33. The maximum atomic E-state index is 12.8. The molecule has 0 saturated carbocycles. The second-order valence-corrected chi connectivity index (χ2v) is 8.19. The lowest BCUT2D eigenvalue weighted by molar-refractivity contribution is -0.139. The Kier molecular flexibility index (Phi) is 6.78. The first-order valence-electron chi connectivity index (χ1n) is 9.59. The van der Waals surface area contributed by atoms with Crippen LogP contribution in [0.1, 0.15) is 57.0 Å². The molecule has 1 aromatic carbocycles. The lowest BCUT2D eigenvalue weighted by atomic mass is 9.93. The second-order valence-electron chi connectivity index (χ2n) is 7.41. The van der Waals surface area contributed by atoms with Gasteiger partial charge >= 0.3 is 0 Å². The van der Waals surface area contributed by atoms with Crippen LogP contribution in [0.5, 0.6) is 5.75 Å². The number of aromatic nitrogens is 2. The molecule has 3 rings (SSSR count). The molecule has 2 aromatic rings. The number of piperidine rings is 1. The Morgan fingerprint density at radius 2 is 1.89 bits per heavy atom. The monoisotopic (exact) mass is 421 g/mol. The predicted octanol–water partition coefficient (Wildman–Crippen LogP) is 5.08. The second kappa shape index (κ2) is 9.10. The number of benzene rings is 1. The van der Waals surface area contributed by atoms with Crippen molar-refractivity contribution in [2.75, 3.05) is 13.1 Å². The Balaban J connectivity index is 1.59. The molecule has 1 fully saturated rings. The summed E-state index contributed by atoms with van der Waals surface area (Å²) in [5, 5.41) is 0.734. The third-order valence-electron chi connectivity index (χ3n) is 5.00. The van der Waals surface area contributed by atoms with Gasteiger partial charge in [-0.05, 0) is 38.0 Å². The zero-order valence-electron chi connectivity index (χ0n) is 16.4. The zero-order chi connectivity index (χ0) is 20.3. The van der Waals surface area contributed by atoms with Crippen LogP contribution in [0.25, 0.3) is 0 Å². The van der Waals surface area contributed by atoms with Crippen LogP contribution < -0.4 is 4.74 Å². The molecule has 0 spiro atoms. The molecule has 1 atom stereocenters. The van der Waals surface area contributed by atoms with Crippen molar-refractivity contribution in [2.24, 2.45) is 0 Å². The summed E-state index contributed by atoms with van der Waals surface area (Å²) in [4.78, 5) is 23.7.